The van der Waals surface area contributed by atoms with Crippen molar-refractivity contribution in [3.8, 4) is 11.3 Å². The van der Waals surface area contributed by atoms with Gasteiger partial charge in [-0.1, -0.05) is 48.5 Å². The lowest BCUT2D eigenvalue weighted by Crippen LogP contribution is -2.08. The van der Waals surface area contributed by atoms with Gasteiger partial charge in [0, 0.05) is 17.3 Å². The van der Waals surface area contributed by atoms with Gasteiger partial charge in [-0.2, -0.15) is 0 Å². The second-order valence-corrected chi connectivity index (χ2v) is 6.00. The SMILES string of the molecule is COC(=O)c1ccc(C(=O)c2nc(-c3ccccc3)c3ccccn23)cc1. The minimum atomic E-state index is -0.438. The van der Waals surface area contributed by atoms with Gasteiger partial charge >= 0.3 is 5.97 Å². The summed E-state index contributed by atoms with van der Waals surface area (Å²) < 4.78 is 6.48. The van der Waals surface area contributed by atoms with Gasteiger partial charge in [0.15, 0.2) is 5.82 Å². The lowest BCUT2D eigenvalue weighted by atomic mass is 10.1. The molecule has 0 bridgehead atoms. The van der Waals surface area contributed by atoms with E-state index in [1.807, 2.05) is 54.7 Å². The first-order valence-electron chi connectivity index (χ1n) is 8.44. The van der Waals surface area contributed by atoms with E-state index in [9.17, 15) is 9.59 Å². The number of ketones is 1. The van der Waals surface area contributed by atoms with Gasteiger partial charge in [0.25, 0.3) is 0 Å². The van der Waals surface area contributed by atoms with Crippen molar-refractivity contribution in [1.82, 2.24) is 9.38 Å². The maximum atomic E-state index is 13.1. The van der Waals surface area contributed by atoms with Crippen LogP contribution < -0.4 is 0 Å². The minimum Gasteiger partial charge on any atom is -0.465 e. The average Bonchev–Trinajstić information content (AvgIpc) is 3.13. The maximum absolute atomic E-state index is 13.1. The van der Waals surface area contributed by atoms with E-state index in [1.165, 1.54) is 7.11 Å². The Morgan fingerprint density at radius 2 is 1.52 bits per heavy atom. The standard InChI is InChI=1S/C22H16N2O3/c1-27-22(26)17-12-10-16(11-13-17)20(25)21-23-19(15-7-3-2-4-8-15)18-9-5-6-14-24(18)21/h2-14H,1H3. The van der Waals surface area contributed by atoms with E-state index in [0.29, 0.717) is 17.0 Å². The summed E-state index contributed by atoms with van der Waals surface area (Å²) in [6.07, 6.45) is 1.82. The minimum absolute atomic E-state index is 0.213. The van der Waals surface area contributed by atoms with Crippen molar-refractivity contribution in [2.75, 3.05) is 7.11 Å². The van der Waals surface area contributed by atoms with E-state index in [4.69, 9.17) is 4.74 Å². The highest BCUT2D eigenvalue weighted by atomic mass is 16.5. The van der Waals surface area contributed by atoms with E-state index >= 15 is 0 Å². The number of carbonyl (C=O) groups excluding carboxylic acids is 2. The Bertz CT molecular complexity index is 1130. The Morgan fingerprint density at radius 1 is 0.852 bits per heavy atom. The first kappa shape index (κ1) is 16.7. The van der Waals surface area contributed by atoms with E-state index in [1.54, 1.807) is 28.7 Å². The number of hydrogen-bond acceptors (Lipinski definition) is 4. The molecule has 0 unspecified atom stereocenters. The number of benzene rings is 2. The van der Waals surface area contributed by atoms with Crippen LogP contribution in [0.2, 0.25) is 0 Å². The number of hydrogen-bond donors (Lipinski definition) is 0. The average molecular weight is 356 g/mol. The third kappa shape index (κ3) is 3.00. The van der Waals surface area contributed by atoms with E-state index in [2.05, 4.69) is 4.98 Å². The van der Waals surface area contributed by atoms with E-state index < -0.39 is 5.97 Å². The molecule has 2 aromatic carbocycles. The molecule has 132 valence electrons. The summed E-state index contributed by atoms with van der Waals surface area (Å²) in [7, 11) is 1.32. The molecule has 0 aliphatic heterocycles. The maximum Gasteiger partial charge on any atom is 0.337 e. The smallest absolute Gasteiger partial charge is 0.337 e. The molecule has 2 heterocycles. The number of fused-ring (bicyclic) bond motifs is 1. The summed E-state index contributed by atoms with van der Waals surface area (Å²) in [5.41, 5.74) is 3.41. The summed E-state index contributed by atoms with van der Waals surface area (Å²) in [5, 5.41) is 0. The molecule has 0 saturated heterocycles. The second-order valence-electron chi connectivity index (χ2n) is 6.00. The molecule has 0 fully saturated rings. The number of methoxy groups -OCH3 is 1. The fourth-order valence-electron chi connectivity index (χ4n) is 3.01. The largest absolute Gasteiger partial charge is 0.465 e. The van der Waals surface area contributed by atoms with Crippen LogP contribution in [0.15, 0.2) is 79.0 Å². The summed E-state index contributed by atoms with van der Waals surface area (Å²) in [4.78, 5) is 29.3. The van der Waals surface area contributed by atoms with Gasteiger partial charge in [0.1, 0.15) is 0 Å². The van der Waals surface area contributed by atoms with Crippen LogP contribution in [0.4, 0.5) is 0 Å². The van der Waals surface area contributed by atoms with Crippen molar-refractivity contribution in [3.05, 3.63) is 95.9 Å². The van der Waals surface area contributed by atoms with Crippen LogP contribution in [-0.4, -0.2) is 28.2 Å². The second kappa shape index (κ2) is 6.88. The molecule has 4 aromatic rings. The first-order valence-corrected chi connectivity index (χ1v) is 8.44. The van der Waals surface area contributed by atoms with Crippen molar-refractivity contribution in [2.45, 2.75) is 0 Å². The highest BCUT2D eigenvalue weighted by molar-refractivity contribution is 6.08. The Kier molecular flexibility index (Phi) is 4.26. The monoisotopic (exact) mass is 356 g/mol. The number of imidazole rings is 1. The molecule has 0 saturated carbocycles. The predicted octanol–water partition coefficient (Wildman–Crippen LogP) is 4.02. The highest BCUT2D eigenvalue weighted by Crippen LogP contribution is 2.25. The van der Waals surface area contributed by atoms with Gasteiger partial charge in [0.2, 0.25) is 5.78 Å². The zero-order valence-corrected chi connectivity index (χ0v) is 14.6. The third-order valence-electron chi connectivity index (χ3n) is 4.37. The fourth-order valence-corrected chi connectivity index (χ4v) is 3.01. The zero-order chi connectivity index (χ0) is 18.8. The summed E-state index contributed by atoms with van der Waals surface area (Å²) >= 11 is 0. The van der Waals surface area contributed by atoms with Crippen LogP contribution in [0.3, 0.4) is 0 Å². The number of esters is 1. The van der Waals surface area contributed by atoms with Crippen molar-refractivity contribution >= 4 is 17.3 Å². The molecule has 0 atom stereocenters. The van der Waals surface area contributed by atoms with Crippen LogP contribution in [0.1, 0.15) is 26.5 Å². The third-order valence-corrected chi connectivity index (χ3v) is 4.37. The molecule has 4 rings (SSSR count). The first-order chi connectivity index (χ1) is 13.2. The Morgan fingerprint density at radius 3 is 2.22 bits per heavy atom. The summed E-state index contributed by atoms with van der Waals surface area (Å²) in [5.74, 6) is -0.323. The molecule has 5 nitrogen and oxygen atoms in total. The summed E-state index contributed by atoms with van der Waals surface area (Å²) in [6.45, 7) is 0. The van der Waals surface area contributed by atoms with Crippen LogP contribution in [-0.2, 0) is 4.74 Å². The van der Waals surface area contributed by atoms with Crippen molar-refractivity contribution in [3.63, 3.8) is 0 Å². The van der Waals surface area contributed by atoms with Gasteiger partial charge in [-0.15, -0.1) is 0 Å². The lowest BCUT2D eigenvalue weighted by molar-refractivity contribution is 0.0600. The number of rotatable bonds is 4. The Labute approximate surface area is 155 Å². The highest BCUT2D eigenvalue weighted by Gasteiger charge is 2.20. The zero-order valence-electron chi connectivity index (χ0n) is 14.6. The van der Waals surface area contributed by atoms with Crippen LogP contribution in [0.25, 0.3) is 16.8 Å². The molecule has 2 aromatic heterocycles. The lowest BCUT2D eigenvalue weighted by Gasteiger charge is -2.02. The molecule has 0 amide bonds. The summed E-state index contributed by atoms with van der Waals surface area (Å²) in [6, 6.07) is 21.9. The van der Waals surface area contributed by atoms with Crippen molar-refractivity contribution in [1.29, 1.82) is 0 Å². The molecule has 5 heteroatoms. The van der Waals surface area contributed by atoms with Gasteiger partial charge in [-0.3, -0.25) is 9.20 Å². The number of nitrogens with zero attached hydrogens (tertiary/aromatic N) is 2. The molecule has 0 spiro atoms. The number of carbonyl (C=O) groups is 2. The quantitative estimate of drug-likeness (QED) is 0.409. The van der Waals surface area contributed by atoms with Gasteiger partial charge in [0.05, 0.1) is 23.9 Å². The Hall–Kier alpha value is -3.73. The molecule has 0 aliphatic carbocycles. The topological polar surface area (TPSA) is 60.7 Å². The number of ether oxygens (including phenoxy) is 1. The van der Waals surface area contributed by atoms with Crippen molar-refractivity contribution < 1.29 is 14.3 Å². The molecule has 0 radical (unpaired) electrons. The molecular weight excluding hydrogens is 340 g/mol. The van der Waals surface area contributed by atoms with Crippen LogP contribution >= 0.6 is 0 Å². The predicted molar refractivity (Wildman–Crippen MR) is 102 cm³/mol. The van der Waals surface area contributed by atoms with Crippen LogP contribution in [0, 0.1) is 0 Å². The Balaban J connectivity index is 1.80. The van der Waals surface area contributed by atoms with Crippen LogP contribution in [0.5, 0.6) is 0 Å². The number of aromatic nitrogens is 2. The van der Waals surface area contributed by atoms with Gasteiger partial charge in [-0.05, 0) is 24.3 Å². The van der Waals surface area contributed by atoms with E-state index in [0.717, 1.165) is 16.8 Å². The molecule has 0 N–H and O–H groups in total. The van der Waals surface area contributed by atoms with Crippen molar-refractivity contribution in [2.24, 2.45) is 0 Å². The van der Waals surface area contributed by atoms with E-state index in [-0.39, 0.29) is 5.78 Å². The molecular formula is C22H16N2O3. The van der Waals surface area contributed by atoms with Gasteiger partial charge < -0.3 is 4.74 Å². The molecule has 0 aliphatic rings. The normalized spacial score (nSPS) is 10.7. The molecule has 27 heavy (non-hydrogen) atoms. The van der Waals surface area contributed by atoms with Gasteiger partial charge in [-0.25, -0.2) is 9.78 Å². The fraction of sp³-hybridized carbons (Fsp3) is 0.0455. The number of pyridine rings is 1.